The number of rotatable bonds is 2. The van der Waals surface area contributed by atoms with Crippen LogP contribution in [0, 0.1) is 6.07 Å². The minimum absolute atomic E-state index is 0.165. The van der Waals surface area contributed by atoms with Crippen molar-refractivity contribution in [1.82, 2.24) is 20.0 Å². The molecule has 2 aromatic rings. The number of hydrogen-bond donors (Lipinski definition) is 0. The summed E-state index contributed by atoms with van der Waals surface area (Å²) in [5.74, 6) is -1.53. The van der Waals surface area contributed by atoms with Crippen LogP contribution < -0.4 is 0 Å². The molecule has 0 aromatic carbocycles. The molecule has 17 heavy (non-hydrogen) atoms. The highest BCUT2D eigenvalue weighted by Crippen LogP contribution is 2.31. The zero-order valence-corrected chi connectivity index (χ0v) is 8.99. The lowest BCUT2D eigenvalue weighted by Crippen LogP contribution is -2.28. The third kappa shape index (κ3) is 2.02. The van der Waals surface area contributed by atoms with Crippen LogP contribution in [0.5, 0.6) is 0 Å². The molecule has 0 aliphatic carbocycles. The van der Waals surface area contributed by atoms with Gasteiger partial charge in [-0.2, -0.15) is 18.3 Å². The number of aromatic nitrogens is 4. The van der Waals surface area contributed by atoms with Crippen molar-refractivity contribution in [3.63, 3.8) is 0 Å². The highest BCUT2D eigenvalue weighted by atomic mass is 19.4. The molecule has 0 saturated carbocycles. The van der Waals surface area contributed by atoms with Gasteiger partial charge in [-0.1, -0.05) is 0 Å². The van der Waals surface area contributed by atoms with Gasteiger partial charge in [0.1, 0.15) is 5.54 Å². The van der Waals surface area contributed by atoms with E-state index in [0.717, 1.165) is 0 Å². The molecule has 0 amide bonds. The maximum Gasteiger partial charge on any atom is 0.470 e. The van der Waals surface area contributed by atoms with Gasteiger partial charge in [-0.05, 0) is 13.8 Å². The van der Waals surface area contributed by atoms with Crippen molar-refractivity contribution in [2.24, 2.45) is 0 Å². The van der Waals surface area contributed by atoms with Gasteiger partial charge in [-0.3, -0.25) is 4.68 Å². The molecule has 0 saturated heterocycles. The monoisotopic (exact) mass is 245 g/mol. The van der Waals surface area contributed by atoms with E-state index in [4.69, 9.17) is 0 Å². The minimum Gasteiger partial charge on any atom is -0.415 e. The summed E-state index contributed by atoms with van der Waals surface area (Å²) in [6.45, 7) is 3.23. The van der Waals surface area contributed by atoms with Gasteiger partial charge in [0.2, 0.25) is 5.89 Å². The van der Waals surface area contributed by atoms with Crippen LogP contribution in [0.15, 0.2) is 16.8 Å². The van der Waals surface area contributed by atoms with Gasteiger partial charge < -0.3 is 4.42 Å². The van der Waals surface area contributed by atoms with Crippen molar-refractivity contribution in [3.05, 3.63) is 30.2 Å². The van der Waals surface area contributed by atoms with E-state index in [9.17, 15) is 13.2 Å². The second kappa shape index (κ2) is 3.57. The lowest BCUT2D eigenvalue weighted by Gasteiger charge is -2.20. The minimum atomic E-state index is -4.64. The van der Waals surface area contributed by atoms with Crippen LogP contribution in [0.1, 0.15) is 25.6 Å². The first-order valence-electron chi connectivity index (χ1n) is 4.64. The molecule has 0 atom stereocenters. The first-order valence-corrected chi connectivity index (χ1v) is 4.64. The van der Waals surface area contributed by atoms with E-state index in [1.165, 1.54) is 17.1 Å². The molecule has 0 spiro atoms. The van der Waals surface area contributed by atoms with Gasteiger partial charge in [0.05, 0.1) is 6.20 Å². The standard InChI is InChI=1S/C9H8F3N4O/c1-8(2,16-5-3-4-13-16)6-14-15-7(17-6)9(10,11)12/h4-5H,1-2H3. The molecule has 0 aliphatic heterocycles. The van der Waals surface area contributed by atoms with Crippen molar-refractivity contribution in [2.45, 2.75) is 25.6 Å². The van der Waals surface area contributed by atoms with Gasteiger partial charge in [0.15, 0.2) is 0 Å². The van der Waals surface area contributed by atoms with E-state index in [-0.39, 0.29) is 5.89 Å². The molecule has 5 nitrogen and oxygen atoms in total. The Morgan fingerprint density at radius 2 is 1.88 bits per heavy atom. The average Bonchev–Trinajstić information content (AvgIpc) is 2.89. The molecule has 0 N–H and O–H groups in total. The summed E-state index contributed by atoms with van der Waals surface area (Å²) in [7, 11) is 0. The molecular weight excluding hydrogens is 237 g/mol. The first kappa shape index (κ1) is 11.6. The molecule has 1 radical (unpaired) electrons. The summed E-state index contributed by atoms with van der Waals surface area (Å²) in [4.78, 5) is 0. The maximum atomic E-state index is 12.3. The second-order valence-electron chi connectivity index (χ2n) is 3.85. The van der Waals surface area contributed by atoms with Gasteiger partial charge in [-0.15, -0.1) is 10.2 Å². The van der Waals surface area contributed by atoms with Crippen LogP contribution in [-0.4, -0.2) is 20.0 Å². The van der Waals surface area contributed by atoms with E-state index in [1.54, 1.807) is 13.8 Å². The number of alkyl halides is 3. The van der Waals surface area contributed by atoms with E-state index < -0.39 is 17.6 Å². The molecule has 2 rings (SSSR count). The third-order valence-electron chi connectivity index (χ3n) is 2.22. The zero-order valence-electron chi connectivity index (χ0n) is 8.99. The summed E-state index contributed by atoms with van der Waals surface area (Å²) >= 11 is 0. The molecule has 8 heteroatoms. The molecule has 2 aromatic heterocycles. The molecule has 0 fully saturated rings. The highest BCUT2D eigenvalue weighted by molar-refractivity contribution is 5.01. The Bertz CT molecular complexity index is 501. The van der Waals surface area contributed by atoms with Crippen LogP contribution >= 0.6 is 0 Å². The average molecular weight is 245 g/mol. The summed E-state index contributed by atoms with van der Waals surface area (Å²) in [6, 6.07) is 2.68. The van der Waals surface area contributed by atoms with Crippen LogP contribution in [-0.2, 0) is 11.7 Å². The lowest BCUT2D eigenvalue weighted by atomic mass is 10.1. The Hall–Kier alpha value is -1.86. The number of nitrogens with zero attached hydrogens (tertiary/aromatic N) is 4. The third-order valence-corrected chi connectivity index (χ3v) is 2.22. The SMILES string of the molecule is CC(C)(c1nnc(C(F)(F)F)o1)n1c[c]cn1. The van der Waals surface area contributed by atoms with Crippen LogP contribution in [0.2, 0.25) is 0 Å². The molecule has 0 unspecified atom stereocenters. The van der Waals surface area contributed by atoms with Crippen molar-refractivity contribution < 1.29 is 17.6 Å². The predicted molar refractivity (Wildman–Crippen MR) is 48.8 cm³/mol. The lowest BCUT2D eigenvalue weighted by molar-refractivity contribution is -0.158. The summed E-state index contributed by atoms with van der Waals surface area (Å²) < 4.78 is 42.9. The van der Waals surface area contributed by atoms with E-state index in [2.05, 4.69) is 25.8 Å². The van der Waals surface area contributed by atoms with Gasteiger partial charge in [0, 0.05) is 12.3 Å². The van der Waals surface area contributed by atoms with Crippen molar-refractivity contribution in [1.29, 1.82) is 0 Å². The van der Waals surface area contributed by atoms with Crippen LogP contribution in [0.25, 0.3) is 0 Å². The Kier molecular flexibility index (Phi) is 2.44. The zero-order chi connectivity index (χ0) is 12.7. The highest BCUT2D eigenvalue weighted by Gasteiger charge is 2.40. The molecular formula is C9H8F3N4O. The summed E-state index contributed by atoms with van der Waals surface area (Å²) in [5.41, 5.74) is -0.962. The van der Waals surface area contributed by atoms with Gasteiger partial charge in [-0.25, -0.2) is 0 Å². The van der Waals surface area contributed by atoms with Gasteiger partial charge >= 0.3 is 12.1 Å². The van der Waals surface area contributed by atoms with Gasteiger partial charge in [0.25, 0.3) is 0 Å². The number of halogens is 3. The van der Waals surface area contributed by atoms with Crippen molar-refractivity contribution >= 4 is 0 Å². The van der Waals surface area contributed by atoms with Crippen LogP contribution in [0.3, 0.4) is 0 Å². The van der Waals surface area contributed by atoms with Crippen LogP contribution in [0.4, 0.5) is 13.2 Å². The summed E-state index contributed by atoms with van der Waals surface area (Å²) in [5, 5.41) is 10.3. The normalized spacial score (nSPS) is 13.0. The van der Waals surface area contributed by atoms with E-state index in [0.29, 0.717) is 0 Å². The fourth-order valence-corrected chi connectivity index (χ4v) is 1.22. The Balaban J connectivity index is 2.38. The largest absolute Gasteiger partial charge is 0.470 e. The Morgan fingerprint density at radius 1 is 1.24 bits per heavy atom. The fourth-order valence-electron chi connectivity index (χ4n) is 1.22. The number of hydrogen-bond acceptors (Lipinski definition) is 4. The first-order chi connectivity index (χ1) is 7.82. The molecule has 0 aliphatic rings. The van der Waals surface area contributed by atoms with Crippen molar-refractivity contribution in [3.8, 4) is 0 Å². The fraction of sp³-hybridized carbons (Fsp3) is 0.444. The molecule has 2 heterocycles. The second-order valence-corrected chi connectivity index (χ2v) is 3.85. The Morgan fingerprint density at radius 3 is 2.35 bits per heavy atom. The quantitative estimate of drug-likeness (QED) is 0.810. The Labute approximate surface area is 94.3 Å². The van der Waals surface area contributed by atoms with E-state index in [1.807, 2.05) is 0 Å². The smallest absolute Gasteiger partial charge is 0.415 e. The predicted octanol–water partition coefficient (Wildman–Crippen LogP) is 1.87. The topological polar surface area (TPSA) is 56.7 Å². The van der Waals surface area contributed by atoms with Crippen molar-refractivity contribution in [2.75, 3.05) is 0 Å². The molecule has 91 valence electrons. The molecule has 0 bridgehead atoms. The van der Waals surface area contributed by atoms with E-state index >= 15 is 0 Å². The summed E-state index contributed by atoms with van der Waals surface area (Å²) in [6.07, 6.45) is -1.77. The maximum absolute atomic E-state index is 12.3.